The molecule has 2 N–H and O–H groups in total. The Morgan fingerprint density at radius 1 is 0.962 bits per heavy atom. The van der Waals surface area contributed by atoms with Crippen molar-refractivity contribution >= 4 is 28.6 Å². The average molecular weight is 357 g/mol. The molecule has 3 aromatic rings. The molecule has 0 saturated carbocycles. The largest absolute Gasteiger partial charge is 0.376 e. The molecule has 0 aliphatic rings. The summed E-state index contributed by atoms with van der Waals surface area (Å²) in [6.45, 7) is 0.124. The van der Waals surface area contributed by atoms with Gasteiger partial charge in [0, 0.05) is 16.9 Å². The Hall–Kier alpha value is -3.54. The van der Waals surface area contributed by atoms with Gasteiger partial charge < -0.3 is 10.6 Å². The maximum Gasteiger partial charge on any atom is 0.243 e. The molecule has 0 atom stereocenters. The monoisotopic (exact) mass is 357 g/mol. The van der Waals surface area contributed by atoms with Gasteiger partial charge in [-0.3, -0.25) is 4.79 Å². The summed E-state index contributed by atoms with van der Waals surface area (Å²) in [5.41, 5.74) is 2.81. The van der Waals surface area contributed by atoms with E-state index in [1.807, 2.05) is 47.8 Å². The van der Waals surface area contributed by atoms with Crippen molar-refractivity contribution in [2.24, 2.45) is 0 Å². The van der Waals surface area contributed by atoms with Crippen molar-refractivity contribution < 1.29 is 4.79 Å². The smallest absolute Gasteiger partial charge is 0.243 e. The first-order valence-corrected chi connectivity index (χ1v) is 8.80. The fraction of sp³-hybridized carbons (Fsp3) is 0.0476. The normalized spacial score (nSPS) is 9.50. The molecule has 0 unspecified atom stereocenters. The zero-order valence-electron chi connectivity index (χ0n) is 13.8. The second kappa shape index (κ2) is 8.53. The predicted molar refractivity (Wildman–Crippen MR) is 105 cm³/mol. The third-order valence-electron chi connectivity index (χ3n) is 3.44. The Bertz CT molecular complexity index is 1010. The molecule has 1 heterocycles. The molecule has 0 fully saturated rings. The van der Waals surface area contributed by atoms with Crippen molar-refractivity contribution in [3.63, 3.8) is 0 Å². The van der Waals surface area contributed by atoms with E-state index < -0.39 is 0 Å². The average Bonchev–Trinajstić information content (AvgIpc) is 3.19. The van der Waals surface area contributed by atoms with E-state index in [2.05, 4.69) is 22.5 Å². The molecule has 4 nitrogen and oxygen atoms in total. The molecule has 1 amide bonds. The number of hydrogen-bond acceptors (Lipinski definition) is 4. The van der Waals surface area contributed by atoms with Crippen molar-refractivity contribution in [1.29, 1.82) is 5.26 Å². The first-order valence-electron chi connectivity index (χ1n) is 7.92. The number of carbonyl (C=O) groups is 1. The number of benzene rings is 2. The van der Waals surface area contributed by atoms with Gasteiger partial charge in [0.2, 0.25) is 5.91 Å². The van der Waals surface area contributed by atoms with Gasteiger partial charge in [0.1, 0.15) is 0 Å². The van der Waals surface area contributed by atoms with E-state index in [1.54, 1.807) is 35.6 Å². The highest BCUT2D eigenvalue weighted by molar-refractivity contribution is 7.10. The number of hydrogen-bond donors (Lipinski definition) is 2. The zero-order chi connectivity index (χ0) is 18.2. The van der Waals surface area contributed by atoms with E-state index in [4.69, 9.17) is 5.26 Å². The fourth-order valence-electron chi connectivity index (χ4n) is 2.24. The van der Waals surface area contributed by atoms with Gasteiger partial charge in [-0.2, -0.15) is 5.26 Å². The molecule has 0 spiro atoms. The quantitative estimate of drug-likeness (QED) is 0.692. The summed E-state index contributed by atoms with van der Waals surface area (Å²) in [7, 11) is 0. The van der Waals surface area contributed by atoms with E-state index >= 15 is 0 Å². The van der Waals surface area contributed by atoms with Crippen LogP contribution in [0.1, 0.15) is 16.0 Å². The van der Waals surface area contributed by atoms with Crippen molar-refractivity contribution in [3.05, 3.63) is 82.0 Å². The number of nitrogens with zero attached hydrogens (tertiary/aromatic N) is 1. The van der Waals surface area contributed by atoms with Crippen LogP contribution in [0.4, 0.5) is 11.4 Å². The number of nitrogens with one attached hydrogen (secondary N) is 2. The number of rotatable bonds is 4. The number of nitriles is 1. The van der Waals surface area contributed by atoms with E-state index in [0.717, 1.165) is 16.1 Å². The van der Waals surface area contributed by atoms with Gasteiger partial charge in [-0.25, -0.2) is 0 Å². The Balaban J connectivity index is 1.58. The highest BCUT2D eigenvalue weighted by Crippen LogP contribution is 2.12. The molecule has 5 heteroatoms. The van der Waals surface area contributed by atoms with Crippen molar-refractivity contribution in [2.75, 3.05) is 17.2 Å². The summed E-state index contributed by atoms with van der Waals surface area (Å²) in [6, 6.07) is 20.4. The zero-order valence-corrected chi connectivity index (χ0v) is 14.6. The predicted octanol–water partition coefficient (Wildman–Crippen LogP) is 4.07. The molecule has 0 bridgehead atoms. The van der Waals surface area contributed by atoms with Crippen molar-refractivity contribution in [3.8, 4) is 17.9 Å². The summed E-state index contributed by atoms with van der Waals surface area (Å²) in [5.74, 6) is 6.04. The summed E-state index contributed by atoms with van der Waals surface area (Å²) in [4.78, 5) is 13.1. The Morgan fingerprint density at radius 2 is 1.73 bits per heavy atom. The second-order valence-electron chi connectivity index (χ2n) is 5.40. The number of amides is 1. The topological polar surface area (TPSA) is 64.9 Å². The van der Waals surface area contributed by atoms with Crippen LogP contribution in [-0.4, -0.2) is 12.5 Å². The summed E-state index contributed by atoms with van der Waals surface area (Å²) in [6.07, 6.45) is 0. The molecule has 3 rings (SSSR count). The van der Waals surface area contributed by atoms with E-state index in [0.29, 0.717) is 11.3 Å². The van der Waals surface area contributed by atoms with Gasteiger partial charge in [-0.1, -0.05) is 30.0 Å². The van der Waals surface area contributed by atoms with Gasteiger partial charge >= 0.3 is 0 Å². The fourth-order valence-corrected chi connectivity index (χ4v) is 2.82. The van der Waals surface area contributed by atoms with Crippen LogP contribution >= 0.6 is 11.3 Å². The summed E-state index contributed by atoms with van der Waals surface area (Å²) < 4.78 is 0. The molecule has 0 saturated heterocycles. The molecular formula is C21H15N3OS. The van der Waals surface area contributed by atoms with Crippen molar-refractivity contribution in [1.82, 2.24) is 0 Å². The molecule has 126 valence electrons. The van der Waals surface area contributed by atoms with E-state index in [-0.39, 0.29) is 12.5 Å². The molecular weight excluding hydrogens is 342 g/mol. The minimum absolute atomic E-state index is 0.124. The highest BCUT2D eigenvalue weighted by atomic mass is 32.1. The number of anilines is 2. The maximum atomic E-state index is 12.1. The maximum absolute atomic E-state index is 12.1. The van der Waals surface area contributed by atoms with E-state index in [9.17, 15) is 4.79 Å². The van der Waals surface area contributed by atoms with Crippen molar-refractivity contribution in [2.45, 2.75) is 0 Å². The molecule has 2 aromatic carbocycles. The third kappa shape index (κ3) is 4.98. The van der Waals surface area contributed by atoms with Gasteiger partial charge in [0.25, 0.3) is 0 Å². The Morgan fingerprint density at radius 3 is 2.50 bits per heavy atom. The van der Waals surface area contributed by atoms with Crippen LogP contribution in [-0.2, 0) is 4.79 Å². The standard InChI is InChI=1S/C21H15N3OS/c22-14-17-5-2-7-19(13-17)24-21(25)15-23-18-6-1-4-16(12-18)9-10-20-8-3-11-26-20/h1-8,11-13,23H,15H2,(H,24,25). The van der Waals surface area contributed by atoms with Crippen LogP contribution < -0.4 is 10.6 Å². The van der Waals surface area contributed by atoms with Crippen LogP contribution in [0.5, 0.6) is 0 Å². The molecule has 0 aliphatic carbocycles. The summed E-state index contributed by atoms with van der Waals surface area (Å²) >= 11 is 1.60. The SMILES string of the molecule is N#Cc1cccc(NC(=O)CNc2cccc(C#Cc3cccs3)c2)c1. The highest BCUT2D eigenvalue weighted by Gasteiger charge is 2.03. The van der Waals surface area contributed by atoms with Crippen LogP contribution in [0.25, 0.3) is 0 Å². The lowest BCUT2D eigenvalue weighted by molar-refractivity contribution is -0.114. The lowest BCUT2D eigenvalue weighted by atomic mass is 10.2. The molecule has 1 aromatic heterocycles. The Labute approximate surface area is 156 Å². The minimum Gasteiger partial charge on any atom is -0.376 e. The number of thiophene rings is 1. The third-order valence-corrected chi connectivity index (χ3v) is 4.23. The first-order chi connectivity index (χ1) is 12.7. The summed E-state index contributed by atoms with van der Waals surface area (Å²) in [5, 5.41) is 16.7. The lowest BCUT2D eigenvalue weighted by Crippen LogP contribution is -2.21. The molecule has 26 heavy (non-hydrogen) atoms. The van der Waals surface area contributed by atoms with Crippen LogP contribution in [0.15, 0.2) is 66.0 Å². The minimum atomic E-state index is -0.185. The van der Waals surface area contributed by atoms with Gasteiger partial charge in [-0.15, -0.1) is 11.3 Å². The van der Waals surface area contributed by atoms with Gasteiger partial charge in [0.15, 0.2) is 0 Å². The van der Waals surface area contributed by atoms with Crippen LogP contribution in [0, 0.1) is 23.2 Å². The lowest BCUT2D eigenvalue weighted by Gasteiger charge is -2.08. The molecule has 0 aliphatic heterocycles. The van der Waals surface area contributed by atoms with Crippen LogP contribution in [0.3, 0.4) is 0 Å². The second-order valence-corrected chi connectivity index (χ2v) is 6.35. The molecule has 0 radical (unpaired) electrons. The van der Waals surface area contributed by atoms with Gasteiger partial charge in [0.05, 0.1) is 23.1 Å². The first kappa shape index (κ1) is 17.3. The number of carbonyl (C=O) groups excluding carboxylic acids is 1. The van der Waals surface area contributed by atoms with Gasteiger partial charge in [-0.05, 0) is 47.8 Å². The van der Waals surface area contributed by atoms with E-state index in [1.165, 1.54) is 0 Å². The Kier molecular flexibility index (Phi) is 5.67. The van der Waals surface area contributed by atoms with Crippen LogP contribution in [0.2, 0.25) is 0 Å².